The number of carbonyl (C=O) groups is 4. The van der Waals surface area contributed by atoms with E-state index in [1.54, 1.807) is 12.3 Å². The maximum atomic E-state index is 13.2. The Bertz CT molecular complexity index is 1210. The molecule has 1 rings (SSSR count). The van der Waals surface area contributed by atoms with E-state index in [0.717, 1.165) is 12.0 Å². The van der Waals surface area contributed by atoms with Crippen LogP contribution in [0.15, 0.2) is 23.5 Å². The Labute approximate surface area is 285 Å². The molecule has 0 aliphatic heterocycles. The summed E-state index contributed by atoms with van der Waals surface area (Å²) in [5, 5.41) is 19.2. The lowest BCUT2D eigenvalue weighted by molar-refractivity contribution is -0.136. The zero-order chi connectivity index (χ0) is 35.8. The summed E-state index contributed by atoms with van der Waals surface area (Å²) in [6, 6.07) is 1.12. The SMILES string of the molecule is CC(CCC(C)(C)NC(=O)c1cncc(CC(C)C(=O)[C@@H](N)CCCN=C(N)N)c1)CC(C)(C)[C@@H](O)C(=O)NCCC(=O)NCCS. The first kappa shape index (κ1) is 41.8. The van der Waals surface area contributed by atoms with Crippen LogP contribution in [-0.2, 0) is 20.8 Å². The van der Waals surface area contributed by atoms with Crippen LogP contribution in [0.3, 0.4) is 0 Å². The van der Waals surface area contributed by atoms with Crippen molar-refractivity contribution >= 4 is 42.1 Å². The van der Waals surface area contributed by atoms with E-state index in [9.17, 15) is 24.3 Å². The van der Waals surface area contributed by atoms with E-state index < -0.39 is 29.0 Å². The maximum absolute atomic E-state index is 13.2. The van der Waals surface area contributed by atoms with Gasteiger partial charge in [0, 0.05) is 55.7 Å². The number of aliphatic hydroxyl groups is 1. The van der Waals surface area contributed by atoms with Crippen molar-refractivity contribution in [2.24, 2.45) is 39.4 Å². The number of amides is 3. The summed E-state index contributed by atoms with van der Waals surface area (Å²) in [5.74, 6) is -0.686. The molecule has 0 aliphatic carbocycles. The van der Waals surface area contributed by atoms with Gasteiger partial charge in [-0.15, -0.1) is 0 Å². The zero-order valence-corrected chi connectivity index (χ0v) is 29.9. The van der Waals surface area contributed by atoms with E-state index in [1.165, 1.54) is 6.20 Å². The van der Waals surface area contributed by atoms with Crippen LogP contribution < -0.4 is 33.2 Å². The zero-order valence-electron chi connectivity index (χ0n) is 29.0. The van der Waals surface area contributed by atoms with Gasteiger partial charge in [0.05, 0.1) is 11.6 Å². The quantitative estimate of drug-likeness (QED) is 0.0384. The molecule has 1 aromatic rings. The number of nitrogens with two attached hydrogens (primary N) is 3. The lowest BCUT2D eigenvalue weighted by atomic mass is 9.76. The molecule has 1 heterocycles. The Hall–Kier alpha value is -3.23. The number of thiol groups is 1. The van der Waals surface area contributed by atoms with Crippen molar-refractivity contribution in [2.75, 3.05) is 25.4 Å². The summed E-state index contributed by atoms with van der Waals surface area (Å²) < 4.78 is 0. The Morgan fingerprint density at radius 2 is 1.72 bits per heavy atom. The number of nitrogens with zero attached hydrogens (tertiary/aromatic N) is 2. The van der Waals surface area contributed by atoms with Crippen LogP contribution in [-0.4, -0.2) is 82.6 Å². The highest BCUT2D eigenvalue weighted by Gasteiger charge is 2.35. The average molecular weight is 679 g/mol. The van der Waals surface area contributed by atoms with Gasteiger partial charge in [0.15, 0.2) is 11.7 Å². The van der Waals surface area contributed by atoms with Gasteiger partial charge in [0.25, 0.3) is 5.91 Å². The fourth-order valence-corrected chi connectivity index (χ4v) is 5.51. The first-order valence-electron chi connectivity index (χ1n) is 16.3. The molecule has 266 valence electrons. The number of carbonyl (C=O) groups excluding carboxylic acids is 4. The van der Waals surface area contributed by atoms with Crippen molar-refractivity contribution in [2.45, 2.75) is 104 Å². The second-order valence-electron chi connectivity index (χ2n) is 13.8. The van der Waals surface area contributed by atoms with Gasteiger partial charge in [0.2, 0.25) is 11.8 Å². The highest BCUT2D eigenvalue weighted by Crippen LogP contribution is 2.32. The molecule has 0 fully saturated rings. The molecule has 14 heteroatoms. The molecular weight excluding hydrogens is 620 g/mol. The van der Waals surface area contributed by atoms with Crippen molar-refractivity contribution in [3.8, 4) is 0 Å². The van der Waals surface area contributed by atoms with Gasteiger partial charge in [-0.2, -0.15) is 12.6 Å². The third-order valence-electron chi connectivity index (χ3n) is 8.08. The number of hydrogen-bond donors (Lipinski definition) is 8. The highest BCUT2D eigenvalue weighted by atomic mass is 32.1. The van der Waals surface area contributed by atoms with E-state index in [-0.39, 0.29) is 48.4 Å². The number of ketones is 1. The molecule has 47 heavy (non-hydrogen) atoms. The minimum absolute atomic E-state index is 0.00702. The standard InChI is InChI=1S/C33H58N8O5S/c1-21(18-32(3,4)28(44)30(46)39-13-10-26(42)38-14-15-47)9-11-33(5,6)41-29(45)24-17-23(19-37-20-24)16-22(2)27(43)25(34)8-7-12-40-31(35)36/h17,19-22,25,28,44,47H,7-16,18,34H2,1-6H3,(H,38,42)(H,39,46)(H,41,45)(H4,35,36,40)/t21?,22?,25-,28-/m0/s1. The normalized spacial score (nSPS) is 14.3. The van der Waals surface area contributed by atoms with Crippen molar-refractivity contribution in [1.82, 2.24) is 20.9 Å². The monoisotopic (exact) mass is 678 g/mol. The van der Waals surface area contributed by atoms with Crippen LogP contribution in [0.25, 0.3) is 0 Å². The summed E-state index contributed by atoms with van der Waals surface area (Å²) in [6.07, 6.45) is 5.51. The number of guanidine groups is 1. The molecular formula is C33H58N8O5S. The van der Waals surface area contributed by atoms with Crippen molar-refractivity contribution in [1.29, 1.82) is 0 Å². The second kappa shape index (κ2) is 20.2. The van der Waals surface area contributed by atoms with Crippen LogP contribution >= 0.6 is 12.6 Å². The highest BCUT2D eigenvalue weighted by molar-refractivity contribution is 7.80. The van der Waals surface area contributed by atoms with Crippen molar-refractivity contribution in [3.63, 3.8) is 0 Å². The second-order valence-corrected chi connectivity index (χ2v) is 14.3. The number of pyridine rings is 1. The molecule has 0 aromatic carbocycles. The van der Waals surface area contributed by atoms with Gasteiger partial charge in [-0.1, -0.05) is 27.7 Å². The van der Waals surface area contributed by atoms with Gasteiger partial charge in [-0.25, -0.2) is 0 Å². The summed E-state index contributed by atoms with van der Waals surface area (Å²) in [6.45, 7) is 12.5. The smallest absolute Gasteiger partial charge is 0.253 e. The van der Waals surface area contributed by atoms with Crippen LogP contribution in [0.4, 0.5) is 0 Å². The van der Waals surface area contributed by atoms with E-state index in [1.807, 2.05) is 34.6 Å². The number of aliphatic imine (C=N–C) groups is 1. The molecule has 0 bridgehead atoms. The summed E-state index contributed by atoms with van der Waals surface area (Å²) in [7, 11) is 0. The van der Waals surface area contributed by atoms with Gasteiger partial charge in [0.1, 0.15) is 6.10 Å². The van der Waals surface area contributed by atoms with E-state index in [2.05, 4.69) is 45.5 Å². The molecule has 3 amide bonds. The first-order chi connectivity index (χ1) is 21.9. The predicted molar refractivity (Wildman–Crippen MR) is 189 cm³/mol. The first-order valence-corrected chi connectivity index (χ1v) is 17.0. The average Bonchev–Trinajstić information content (AvgIpc) is 2.99. The van der Waals surface area contributed by atoms with Gasteiger partial charge in [-0.05, 0) is 75.3 Å². The Kier molecular flexibility index (Phi) is 18.0. The van der Waals surface area contributed by atoms with Gasteiger partial charge < -0.3 is 38.3 Å². The van der Waals surface area contributed by atoms with Crippen LogP contribution in [0.2, 0.25) is 0 Å². The number of aromatic nitrogens is 1. The van der Waals surface area contributed by atoms with E-state index >= 15 is 0 Å². The molecule has 0 radical (unpaired) electrons. The summed E-state index contributed by atoms with van der Waals surface area (Å²) in [4.78, 5) is 58.4. The minimum Gasteiger partial charge on any atom is -0.383 e. The summed E-state index contributed by atoms with van der Waals surface area (Å²) in [5.41, 5.74) is 16.7. The van der Waals surface area contributed by atoms with E-state index in [4.69, 9.17) is 17.2 Å². The predicted octanol–water partition coefficient (Wildman–Crippen LogP) is 1.46. The third kappa shape index (κ3) is 16.4. The molecule has 0 aliphatic rings. The molecule has 2 unspecified atom stereocenters. The van der Waals surface area contributed by atoms with Gasteiger partial charge >= 0.3 is 0 Å². The molecule has 0 saturated carbocycles. The fourth-order valence-electron chi connectivity index (χ4n) is 5.40. The van der Waals surface area contributed by atoms with E-state index in [0.29, 0.717) is 56.5 Å². The largest absolute Gasteiger partial charge is 0.383 e. The number of aliphatic hydroxyl groups excluding tert-OH is 1. The van der Waals surface area contributed by atoms with Crippen molar-refractivity contribution in [3.05, 3.63) is 29.6 Å². The summed E-state index contributed by atoms with van der Waals surface area (Å²) >= 11 is 4.04. The number of rotatable bonds is 22. The fraction of sp³-hybridized carbons (Fsp3) is 0.697. The number of hydrogen-bond acceptors (Lipinski definition) is 9. The lowest BCUT2D eigenvalue weighted by Gasteiger charge is -2.34. The molecule has 10 N–H and O–H groups in total. The van der Waals surface area contributed by atoms with Crippen LogP contribution in [0.1, 0.15) is 96.0 Å². The lowest BCUT2D eigenvalue weighted by Crippen LogP contribution is -2.46. The topological polar surface area (TPSA) is 228 Å². The number of nitrogens with one attached hydrogen (secondary N) is 3. The molecule has 13 nitrogen and oxygen atoms in total. The van der Waals surface area contributed by atoms with Crippen LogP contribution in [0, 0.1) is 17.3 Å². The van der Waals surface area contributed by atoms with Crippen LogP contribution in [0.5, 0.6) is 0 Å². The van der Waals surface area contributed by atoms with Gasteiger partial charge in [-0.3, -0.25) is 29.2 Å². The molecule has 4 atom stereocenters. The Balaban J connectivity index is 2.63. The molecule has 1 aromatic heterocycles. The Morgan fingerprint density at radius 1 is 1.04 bits per heavy atom. The van der Waals surface area contributed by atoms with Crippen molar-refractivity contribution < 1.29 is 24.3 Å². The minimum atomic E-state index is -1.23. The third-order valence-corrected chi connectivity index (χ3v) is 8.30. The molecule has 0 spiro atoms. The number of Topliss-reactive ketones (excluding diaryl/α,β-unsaturated/α-hetero) is 1. The maximum Gasteiger partial charge on any atom is 0.253 e. The Morgan fingerprint density at radius 3 is 2.36 bits per heavy atom. The molecule has 0 saturated heterocycles.